The van der Waals surface area contributed by atoms with Crippen LogP contribution in [-0.4, -0.2) is 17.0 Å². The molecule has 0 aliphatic heterocycles. The predicted octanol–water partition coefficient (Wildman–Crippen LogP) is 1.13. The first-order chi connectivity index (χ1) is 4.52. The second-order valence-electron chi connectivity index (χ2n) is 3.70. The van der Waals surface area contributed by atoms with Gasteiger partial charge in [0.15, 0.2) is 0 Å². The molecule has 1 fully saturated rings. The SMILES string of the molecule is CC1(C)C[C@H](O)CCC1=O. The minimum Gasteiger partial charge on any atom is -0.393 e. The lowest BCUT2D eigenvalue weighted by Gasteiger charge is -2.30. The van der Waals surface area contributed by atoms with Crippen molar-refractivity contribution in [3.05, 3.63) is 0 Å². The number of hydrogen-bond acceptors (Lipinski definition) is 2. The zero-order valence-electron chi connectivity index (χ0n) is 6.55. The average molecular weight is 142 g/mol. The number of aliphatic hydroxyl groups is 1. The van der Waals surface area contributed by atoms with Crippen molar-refractivity contribution in [3.63, 3.8) is 0 Å². The van der Waals surface area contributed by atoms with Crippen LogP contribution in [0.15, 0.2) is 0 Å². The molecule has 1 rings (SSSR count). The van der Waals surface area contributed by atoms with E-state index in [4.69, 9.17) is 0 Å². The Morgan fingerprint density at radius 1 is 1.60 bits per heavy atom. The molecule has 1 aliphatic carbocycles. The van der Waals surface area contributed by atoms with E-state index in [2.05, 4.69) is 0 Å². The molecule has 1 saturated carbocycles. The van der Waals surface area contributed by atoms with Gasteiger partial charge in [0.1, 0.15) is 5.78 Å². The van der Waals surface area contributed by atoms with Crippen molar-refractivity contribution in [1.29, 1.82) is 0 Å². The number of carbonyl (C=O) groups excluding carboxylic acids is 1. The Balaban J connectivity index is 2.63. The third-order valence-corrected chi connectivity index (χ3v) is 2.21. The molecule has 1 aliphatic rings. The van der Waals surface area contributed by atoms with Gasteiger partial charge in [-0.1, -0.05) is 13.8 Å². The maximum atomic E-state index is 11.2. The van der Waals surface area contributed by atoms with Gasteiger partial charge in [-0.05, 0) is 12.8 Å². The summed E-state index contributed by atoms with van der Waals surface area (Å²) >= 11 is 0. The number of carbonyl (C=O) groups is 1. The summed E-state index contributed by atoms with van der Waals surface area (Å²) < 4.78 is 0. The molecule has 0 spiro atoms. The Labute approximate surface area is 61.2 Å². The van der Waals surface area contributed by atoms with Gasteiger partial charge in [0.2, 0.25) is 0 Å². The summed E-state index contributed by atoms with van der Waals surface area (Å²) in [5.41, 5.74) is -0.280. The van der Waals surface area contributed by atoms with E-state index in [-0.39, 0.29) is 17.3 Å². The molecular weight excluding hydrogens is 128 g/mol. The van der Waals surface area contributed by atoms with Crippen molar-refractivity contribution in [2.75, 3.05) is 0 Å². The quantitative estimate of drug-likeness (QED) is 0.550. The molecule has 2 heteroatoms. The van der Waals surface area contributed by atoms with Gasteiger partial charge in [-0.15, -0.1) is 0 Å². The van der Waals surface area contributed by atoms with Crippen molar-refractivity contribution in [2.24, 2.45) is 5.41 Å². The standard InChI is InChI=1S/C8H14O2/c1-8(2)5-6(9)3-4-7(8)10/h6,9H,3-5H2,1-2H3/t6-/m1/s1. The average Bonchev–Trinajstić information content (AvgIpc) is 1.78. The van der Waals surface area contributed by atoms with E-state index in [0.29, 0.717) is 19.3 Å². The fourth-order valence-corrected chi connectivity index (χ4v) is 1.44. The highest BCUT2D eigenvalue weighted by molar-refractivity contribution is 5.84. The molecule has 10 heavy (non-hydrogen) atoms. The Morgan fingerprint density at radius 2 is 2.20 bits per heavy atom. The van der Waals surface area contributed by atoms with Crippen LogP contribution in [0.2, 0.25) is 0 Å². The zero-order chi connectivity index (χ0) is 7.78. The fourth-order valence-electron chi connectivity index (χ4n) is 1.44. The van der Waals surface area contributed by atoms with Crippen molar-refractivity contribution >= 4 is 5.78 Å². The van der Waals surface area contributed by atoms with Gasteiger partial charge in [0.25, 0.3) is 0 Å². The van der Waals surface area contributed by atoms with Crippen LogP contribution in [0, 0.1) is 5.41 Å². The van der Waals surface area contributed by atoms with Gasteiger partial charge in [0.05, 0.1) is 6.10 Å². The van der Waals surface area contributed by atoms with Gasteiger partial charge in [0, 0.05) is 11.8 Å². The van der Waals surface area contributed by atoms with E-state index in [1.54, 1.807) is 0 Å². The maximum absolute atomic E-state index is 11.2. The van der Waals surface area contributed by atoms with Gasteiger partial charge < -0.3 is 5.11 Å². The van der Waals surface area contributed by atoms with Crippen LogP contribution in [0.25, 0.3) is 0 Å². The topological polar surface area (TPSA) is 37.3 Å². The molecule has 2 nitrogen and oxygen atoms in total. The zero-order valence-corrected chi connectivity index (χ0v) is 6.55. The van der Waals surface area contributed by atoms with Crippen molar-refractivity contribution in [3.8, 4) is 0 Å². The first-order valence-electron chi connectivity index (χ1n) is 3.74. The van der Waals surface area contributed by atoms with Crippen LogP contribution >= 0.6 is 0 Å². The Hall–Kier alpha value is -0.370. The highest BCUT2D eigenvalue weighted by Gasteiger charge is 2.34. The number of Topliss-reactive ketones (excluding diaryl/α,β-unsaturated/α-hetero) is 1. The minimum absolute atomic E-state index is 0.257. The summed E-state index contributed by atoms with van der Waals surface area (Å²) in [7, 11) is 0. The lowest BCUT2D eigenvalue weighted by Crippen LogP contribution is -2.34. The Kier molecular flexibility index (Phi) is 1.82. The molecule has 58 valence electrons. The molecule has 0 heterocycles. The number of rotatable bonds is 0. The van der Waals surface area contributed by atoms with Crippen LogP contribution in [0.4, 0.5) is 0 Å². The number of hydrogen-bond donors (Lipinski definition) is 1. The minimum atomic E-state index is -0.280. The molecule has 0 radical (unpaired) electrons. The summed E-state index contributed by atoms with van der Waals surface area (Å²) in [6.07, 6.45) is 1.58. The van der Waals surface area contributed by atoms with Gasteiger partial charge >= 0.3 is 0 Å². The molecular formula is C8H14O2. The first kappa shape index (κ1) is 7.73. The second-order valence-corrected chi connectivity index (χ2v) is 3.70. The molecule has 0 aromatic rings. The summed E-state index contributed by atoms with van der Waals surface area (Å²) in [5, 5.41) is 9.21. The van der Waals surface area contributed by atoms with Crippen LogP contribution in [0.1, 0.15) is 33.1 Å². The fraction of sp³-hybridized carbons (Fsp3) is 0.875. The molecule has 0 unspecified atom stereocenters. The molecule has 0 aromatic carbocycles. The normalized spacial score (nSPS) is 32.3. The van der Waals surface area contributed by atoms with Crippen LogP contribution in [-0.2, 0) is 4.79 Å². The van der Waals surface area contributed by atoms with Crippen LogP contribution < -0.4 is 0 Å². The van der Waals surface area contributed by atoms with E-state index in [1.165, 1.54) is 0 Å². The van der Waals surface area contributed by atoms with E-state index < -0.39 is 0 Å². The summed E-state index contributed by atoms with van der Waals surface area (Å²) in [4.78, 5) is 11.2. The lowest BCUT2D eigenvalue weighted by atomic mass is 9.75. The van der Waals surface area contributed by atoms with Gasteiger partial charge in [-0.3, -0.25) is 4.79 Å². The monoisotopic (exact) mass is 142 g/mol. The molecule has 0 amide bonds. The highest BCUT2D eigenvalue weighted by Crippen LogP contribution is 2.31. The number of aliphatic hydroxyl groups excluding tert-OH is 1. The van der Waals surface area contributed by atoms with Crippen molar-refractivity contribution < 1.29 is 9.90 Å². The van der Waals surface area contributed by atoms with E-state index >= 15 is 0 Å². The van der Waals surface area contributed by atoms with Gasteiger partial charge in [-0.25, -0.2) is 0 Å². The highest BCUT2D eigenvalue weighted by atomic mass is 16.3. The second kappa shape index (κ2) is 2.35. The third-order valence-electron chi connectivity index (χ3n) is 2.21. The lowest BCUT2D eigenvalue weighted by molar-refractivity contribution is -0.132. The van der Waals surface area contributed by atoms with Crippen molar-refractivity contribution in [1.82, 2.24) is 0 Å². The van der Waals surface area contributed by atoms with Crippen LogP contribution in [0.5, 0.6) is 0 Å². The summed E-state index contributed by atoms with van der Waals surface area (Å²) in [6.45, 7) is 3.80. The molecule has 0 saturated heterocycles. The van der Waals surface area contributed by atoms with Crippen LogP contribution in [0.3, 0.4) is 0 Å². The van der Waals surface area contributed by atoms with E-state index in [9.17, 15) is 9.90 Å². The van der Waals surface area contributed by atoms with E-state index in [0.717, 1.165) is 0 Å². The summed E-state index contributed by atoms with van der Waals surface area (Å²) in [5.74, 6) is 0.290. The third kappa shape index (κ3) is 1.37. The van der Waals surface area contributed by atoms with E-state index in [1.807, 2.05) is 13.8 Å². The maximum Gasteiger partial charge on any atom is 0.138 e. The number of ketones is 1. The molecule has 0 bridgehead atoms. The van der Waals surface area contributed by atoms with Crippen molar-refractivity contribution in [2.45, 2.75) is 39.2 Å². The molecule has 1 N–H and O–H groups in total. The largest absolute Gasteiger partial charge is 0.393 e. The Morgan fingerprint density at radius 3 is 2.60 bits per heavy atom. The first-order valence-corrected chi connectivity index (χ1v) is 3.74. The predicted molar refractivity (Wildman–Crippen MR) is 38.6 cm³/mol. The molecule has 1 atom stereocenters. The Bertz CT molecular complexity index is 149. The smallest absolute Gasteiger partial charge is 0.138 e. The summed E-state index contributed by atoms with van der Waals surface area (Å²) in [6, 6.07) is 0. The van der Waals surface area contributed by atoms with Gasteiger partial charge in [-0.2, -0.15) is 0 Å². The molecule has 0 aromatic heterocycles.